The number of piperidine rings is 2. The summed E-state index contributed by atoms with van der Waals surface area (Å²) < 4.78 is 39.9. The number of rotatable bonds is 1. The standard InChI is InChI=1S/C20H34F2N2O5/c1-19(2,3)16-15(22)13(25)7-10-24(16)18(27)28-14-8-9-23(11-12(14)21)17(26)29-20(4,5)6/h12-16,25H,7-11H2,1-6H3/t12?,13-,14?,15-,16?/m1/s1. The second-order valence-corrected chi connectivity index (χ2v) is 9.96. The van der Waals surface area contributed by atoms with E-state index in [-0.39, 0.29) is 32.5 Å². The monoisotopic (exact) mass is 420 g/mol. The molecule has 7 nitrogen and oxygen atoms in total. The van der Waals surface area contributed by atoms with Crippen LogP contribution in [0.5, 0.6) is 0 Å². The molecule has 0 aromatic carbocycles. The molecule has 0 radical (unpaired) electrons. The number of aliphatic hydroxyl groups excluding tert-OH is 1. The molecule has 0 aliphatic carbocycles. The molecule has 2 aliphatic heterocycles. The lowest BCUT2D eigenvalue weighted by atomic mass is 9.79. The van der Waals surface area contributed by atoms with Gasteiger partial charge in [-0.05, 0) is 32.6 Å². The minimum atomic E-state index is -1.61. The Morgan fingerprint density at radius 1 is 1.00 bits per heavy atom. The lowest BCUT2D eigenvalue weighted by Crippen LogP contribution is -2.61. The lowest BCUT2D eigenvalue weighted by molar-refractivity contribution is -0.0807. The number of nitrogens with zero attached hydrogens (tertiary/aromatic N) is 2. The van der Waals surface area contributed by atoms with Crippen LogP contribution in [0.25, 0.3) is 0 Å². The Kier molecular flexibility index (Phi) is 7.02. The number of amides is 2. The SMILES string of the molecule is CC(C)(C)OC(=O)N1CCC(OC(=O)N2CC[C@@H](O)[C@@H](F)C2C(C)(C)C)C(F)C1. The van der Waals surface area contributed by atoms with Gasteiger partial charge < -0.3 is 24.4 Å². The normalized spacial score (nSPS) is 31.4. The molecule has 3 unspecified atom stereocenters. The molecule has 0 spiro atoms. The number of hydrogen-bond acceptors (Lipinski definition) is 5. The first-order chi connectivity index (χ1) is 13.2. The van der Waals surface area contributed by atoms with Crippen LogP contribution < -0.4 is 0 Å². The molecule has 168 valence electrons. The minimum Gasteiger partial charge on any atom is -0.444 e. The molecule has 1 N–H and O–H groups in total. The third-order valence-electron chi connectivity index (χ3n) is 5.18. The molecule has 2 aliphatic rings. The highest BCUT2D eigenvalue weighted by Crippen LogP contribution is 2.35. The fourth-order valence-electron chi connectivity index (χ4n) is 3.81. The molecule has 2 saturated heterocycles. The third-order valence-corrected chi connectivity index (χ3v) is 5.18. The summed E-state index contributed by atoms with van der Waals surface area (Å²) in [5.41, 5.74) is -1.31. The summed E-state index contributed by atoms with van der Waals surface area (Å²) in [6.45, 7) is 10.6. The molecule has 2 heterocycles. The maximum Gasteiger partial charge on any atom is 0.410 e. The minimum absolute atomic E-state index is 0.0962. The summed E-state index contributed by atoms with van der Waals surface area (Å²) in [6.07, 6.45) is -6.51. The lowest BCUT2D eigenvalue weighted by Gasteiger charge is -2.46. The van der Waals surface area contributed by atoms with Crippen molar-refractivity contribution >= 4 is 12.2 Å². The topological polar surface area (TPSA) is 79.3 Å². The van der Waals surface area contributed by atoms with Gasteiger partial charge >= 0.3 is 12.2 Å². The zero-order chi connectivity index (χ0) is 22.1. The summed E-state index contributed by atoms with van der Waals surface area (Å²) >= 11 is 0. The van der Waals surface area contributed by atoms with Gasteiger partial charge in [0.1, 0.15) is 17.9 Å². The first kappa shape index (κ1) is 23.6. The molecular formula is C20H34F2N2O5. The predicted octanol–water partition coefficient (Wildman–Crippen LogP) is 3.29. The predicted molar refractivity (Wildman–Crippen MR) is 103 cm³/mol. The number of likely N-dealkylation sites (tertiary alicyclic amines) is 2. The summed E-state index contributed by atoms with van der Waals surface area (Å²) in [4.78, 5) is 27.3. The van der Waals surface area contributed by atoms with Crippen LogP contribution in [0, 0.1) is 5.41 Å². The first-order valence-corrected chi connectivity index (χ1v) is 10.1. The van der Waals surface area contributed by atoms with Gasteiger partial charge in [-0.2, -0.15) is 0 Å². The third kappa shape index (κ3) is 5.93. The van der Waals surface area contributed by atoms with Gasteiger partial charge in [0.15, 0.2) is 6.17 Å². The smallest absolute Gasteiger partial charge is 0.410 e. The largest absolute Gasteiger partial charge is 0.444 e. The Bertz CT molecular complexity index is 605. The number of carbonyl (C=O) groups is 2. The van der Waals surface area contributed by atoms with E-state index in [0.717, 1.165) is 0 Å². The Hall–Kier alpha value is -1.64. The molecule has 0 aromatic heterocycles. The molecule has 29 heavy (non-hydrogen) atoms. The van der Waals surface area contributed by atoms with E-state index in [4.69, 9.17) is 9.47 Å². The Labute approximate surface area is 171 Å². The number of aliphatic hydroxyl groups is 1. The highest BCUT2D eigenvalue weighted by molar-refractivity contribution is 5.69. The average molecular weight is 420 g/mol. The maximum atomic E-state index is 14.6. The molecule has 5 atom stereocenters. The van der Waals surface area contributed by atoms with E-state index in [1.807, 2.05) is 0 Å². The first-order valence-electron chi connectivity index (χ1n) is 10.1. The van der Waals surface area contributed by atoms with Crippen LogP contribution in [-0.4, -0.2) is 82.9 Å². The van der Waals surface area contributed by atoms with Crippen LogP contribution in [-0.2, 0) is 9.47 Å². The van der Waals surface area contributed by atoms with E-state index in [1.165, 1.54) is 9.80 Å². The highest BCUT2D eigenvalue weighted by atomic mass is 19.1. The van der Waals surface area contributed by atoms with Crippen molar-refractivity contribution in [2.45, 2.75) is 90.6 Å². The summed E-state index contributed by atoms with van der Waals surface area (Å²) in [6, 6.07) is -0.876. The molecular weight excluding hydrogens is 386 g/mol. The number of alkyl halides is 2. The van der Waals surface area contributed by atoms with Crippen LogP contribution in [0.1, 0.15) is 54.4 Å². The van der Waals surface area contributed by atoms with Crippen LogP contribution >= 0.6 is 0 Å². The molecule has 2 fully saturated rings. The average Bonchev–Trinajstić information content (AvgIpc) is 2.56. The fraction of sp³-hybridized carbons (Fsp3) is 0.900. The Morgan fingerprint density at radius 3 is 2.14 bits per heavy atom. The maximum absolute atomic E-state index is 14.6. The fourth-order valence-corrected chi connectivity index (χ4v) is 3.81. The van der Waals surface area contributed by atoms with E-state index in [2.05, 4.69) is 0 Å². The van der Waals surface area contributed by atoms with Crippen LogP contribution in [0.3, 0.4) is 0 Å². The summed E-state index contributed by atoms with van der Waals surface area (Å²) in [7, 11) is 0. The van der Waals surface area contributed by atoms with E-state index in [0.29, 0.717) is 0 Å². The van der Waals surface area contributed by atoms with Crippen molar-refractivity contribution in [1.82, 2.24) is 9.80 Å². The van der Waals surface area contributed by atoms with E-state index >= 15 is 0 Å². The highest BCUT2D eigenvalue weighted by Gasteiger charge is 2.47. The quantitative estimate of drug-likeness (QED) is 0.704. The Balaban J connectivity index is 1.99. The van der Waals surface area contributed by atoms with E-state index < -0.39 is 53.8 Å². The van der Waals surface area contributed by atoms with Crippen LogP contribution in [0.2, 0.25) is 0 Å². The number of carbonyl (C=O) groups excluding carboxylic acids is 2. The molecule has 9 heteroatoms. The van der Waals surface area contributed by atoms with Gasteiger partial charge in [-0.1, -0.05) is 20.8 Å². The summed E-state index contributed by atoms with van der Waals surface area (Å²) in [5.74, 6) is 0. The van der Waals surface area contributed by atoms with Gasteiger partial charge in [-0.25, -0.2) is 18.4 Å². The number of ether oxygens (including phenoxy) is 2. The summed E-state index contributed by atoms with van der Waals surface area (Å²) in [5, 5.41) is 9.87. The molecule has 0 bridgehead atoms. The van der Waals surface area contributed by atoms with Crippen molar-refractivity contribution in [1.29, 1.82) is 0 Å². The molecule has 0 saturated carbocycles. The van der Waals surface area contributed by atoms with Gasteiger partial charge in [0.2, 0.25) is 0 Å². The van der Waals surface area contributed by atoms with Gasteiger partial charge in [-0.3, -0.25) is 0 Å². The Morgan fingerprint density at radius 2 is 1.62 bits per heavy atom. The van der Waals surface area contributed by atoms with Crippen molar-refractivity contribution < 1.29 is 33.0 Å². The van der Waals surface area contributed by atoms with Crippen molar-refractivity contribution in [3.8, 4) is 0 Å². The van der Waals surface area contributed by atoms with Crippen molar-refractivity contribution in [2.75, 3.05) is 19.6 Å². The van der Waals surface area contributed by atoms with Gasteiger partial charge in [0.05, 0.1) is 18.7 Å². The zero-order valence-corrected chi connectivity index (χ0v) is 18.2. The molecule has 2 rings (SSSR count). The molecule has 2 amide bonds. The van der Waals surface area contributed by atoms with Crippen molar-refractivity contribution in [3.05, 3.63) is 0 Å². The van der Waals surface area contributed by atoms with Crippen LogP contribution in [0.15, 0.2) is 0 Å². The number of halogens is 2. The van der Waals surface area contributed by atoms with E-state index in [9.17, 15) is 23.5 Å². The second-order valence-electron chi connectivity index (χ2n) is 9.96. The molecule has 0 aromatic rings. The van der Waals surface area contributed by atoms with Gasteiger partial charge in [0.25, 0.3) is 0 Å². The number of hydrogen-bond donors (Lipinski definition) is 1. The second kappa shape index (κ2) is 8.62. The van der Waals surface area contributed by atoms with E-state index in [1.54, 1.807) is 41.5 Å². The zero-order valence-electron chi connectivity index (χ0n) is 18.2. The van der Waals surface area contributed by atoms with Gasteiger partial charge in [0, 0.05) is 19.5 Å². The van der Waals surface area contributed by atoms with Crippen molar-refractivity contribution in [2.24, 2.45) is 5.41 Å². The van der Waals surface area contributed by atoms with Crippen LogP contribution in [0.4, 0.5) is 18.4 Å². The van der Waals surface area contributed by atoms with Gasteiger partial charge in [-0.15, -0.1) is 0 Å². The van der Waals surface area contributed by atoms with Crippen molar-refractivity contribution in [3.63, 3.8) is 0 Å².